The lowest BCUT2D eigenvalue weighted by atomic mass is 10.0. The average molecular weight is 724 g/mol. The van der Waals surface area contributed by atoms with Crippen LogP contribution in [-0.2, 0) is 14.9 Å². The molecular formula is C43H81NO5S. The highest BCUT2D eigenvalue weighted by Crippen LogP contribution is 2.15. The number of aliphatic hydroxyl groups excluding tert-OH is 1. The molecule has 0 aromatic rings. The van der Waals surface area contributed by atoms with E-state index in [9.17, 15) is 22.9 Å². The zero-order valence-corrected chi connectivity index (χ0v) is 33.6. The SMILES string of the molecule is CCCCCCCCCC/C=C/CC/C=C/CC/C=C/C(O)C(CS(=O)(=O)O)NC(=O)CCCCCCCCCCCCCCCCCCC. The number of nitrogens with one attached hydrogen (secondary N) is 1. The fraction of sp³-hybridized carbons (Fsp3) is 0.837. The van der Waals surface area contributed by atoms with Crippen LogP contribution in [0.1, 0.15) is 213 Å². The van der Waals surface area contributed by atoms with Gasteiger partial charge in [0.25, 0.3) is 10.1 Å². The first-order valence-electron chi connectivity index (χ1n) is 21.2. The summed E-state index contributed by atoms with van der Waals surface area (Å²) >= 11 is 0. The Bertz CT molecular complexity index is 930. The summed E-state index contributed by atoms with van der Waals surface area (Å²) in [5.74, 6) is -1.00. The monoisotopic (exact) mass is 724 g/mol. The second-order valence-electron chi connectivity index (χ2n) is 14.6. The number of aliphatic hydroxyl groups is 1. The molecule has 0 aliphatic heterocycles. The lowest BCUT2D eigenvalue weighted by Crippen LogP contribution is -2.46. The molecule has 0 aliphatic carbocycles. The summed E-state index contributed by atoms with van der Waals surface area (Å²) < 4.78 is 32.5. The van der Waals surface area contributed by atoms with Crippen LogP contribution in [0.25, 0.3) is 0 Å². The van der Waals surface area contributed by atoms with Crippen LogP contribution in [-0.4, -0.2) is 41.9 Å². The van der Waals surface area contributed by atoms with Gasteiger partial charge in [0, 0.05) is 6.42 Å². The number of carbonyl (C=O) groups excluding carboxylic acids is 1. The molecule has 7 heteroatoms. The molecule has 6 nitrogen and oxygen atoms in total. The van der Waals surface area contributed by atoms with Crippen LogP contribution in [0.15, 0.2) is 36.5 Å². The minimum Gasteiger partial charge on any atom is -0.387 e. The molecule has 3 N–H and O–H groups in total. The minimum atomic E-state index is -4.35. The van der Waals surface area contributed by atoms with E-state index in [4.69, 9.17) is 0 Å². The Morgan fingerprint density at radius 2 is 0.860 bits per heavy atom. The van der Waals surface area contributed by atoms with E-state index in [-0.39, 0.29) is 12.3 Å². The van der Waals surface area contributed by atoms with Crippen molar-refractivity contribution in [1.82, 2.24) is 5.32 Å². The third-order valence-electron chi connectivity index (χ3n) is 9.55. The van der Waals surface area contributed by atoms with Crippen LogP contribution in [0.4, 0.5) is 0 Å². The molecule has 0 fully saturated rings. The quantitative estimate of drug-likeness (QED) is 0.0334. The molecule has 0 spiro atoms. The van der Waals surface area contributed by atoms with Gasteiger partial charge in [0.05, 0.1) is 17.9 Å². The van der Waals surface area contributed by atoms with Gasteiger partial charge in [0.15, 0.2) is 0 Å². The molecule has 0 aliphatic rings. The molecule has 0 aromatic heterocycles. The first kappa shape index (κ1) is 48.6. The van der Waals surface area contributed by atoms with Crippen LogP contribution in [0.5, 0.6) is 0 Å². The molecule has 0 bridgehead atoms. The molecule has 294 valence electrons. The molecule has 1 amide bonds. The van der Waals surface area contributed by atoms with Gasteiger partial charge in [-0.1, -0.05) is 198 Å². The summed E-state index contributed by atoms with van der Waals surface area (Å²) in [4.78, 5) is 12.5. The topological polar surface area (TPSA) is 104 Å². The summed E-state index contributed by atoms with van der Waals surface area (Å²) in [6, 6.07) is -1.08. The van der Waals surface area contributed by atoms with Crippen molar-refractivity contribution in [2.24, 2.45) is 0 Å². The smallest absolute Gasteiger partial charge is 0.267 e. The van der Waals surface area contributed by atoms with Crippen LogP contribution >= 0.6 is 0 Å². The minimum absolute atomic E-state index is 0.288. The zero-order chi connectivity index (χ0) is 36.8. The standard InChI is InChI=1S/C43H81NO5S/c1-3-5-7-9-11-13-15-17-19-21-23-24-26-28-30-32-34-36-38-42(45)41(40-50(47,48)49)44-43(46)39-37-35-33-31-29-27-25-22-20-18-16-14-12-10-8-6-4-2/h21,23,28,30,36,38,41-42,45H,3-20,22,24-27,29,31-35,37,39-40H2,1-2H3,(H,44,46)(H,47,48,49)/b23-21+,30-28+,38-36+. The lowest BCUT2D eigenvalue weighted by Gasteiger charge is -2.21. The maximum atomic E-state index is 12.5. The number of allylic oxidation sites excluding steroid dienone is 5. The Morgan fingerprint density at radius 3 is 1.26 bits per heavy atom. The predicted molar refractivity (Wildman–Crippen MR) is 216 cm³/mol. The fourth-order valence-corrected chi connectivity index (χ4v) is 7.10. The van der Waals surface area contributed by atoms with Crippen LogP contribution < -0.4 is 5.32 Å². The van der Waals surface area contributed by atoms with Crippen LogP contribution in [0.3, 0.4) is 0 Å². The second-order valence-corrected chi connectivity index (χ2v) is 16.1. The van der Waals surface area contributed by atoms with Gasteiger partial charge in [-0.05, 0) is 44.9 Å². The predicted octanol–water partition coefficient (Wildman–Crippen LogP) is 12.5. The third kappa shape index (κ3) is 37.8. The fourth-order valence-electron chi connectivity index (χ4n) is 6.36. The number of hydrogen-bond acceptors (Lipinski definition) is 4. The Balaban J connectivity index is 3.96. The van der Waals surface area contributed by atoms with Crippen molar-refractivity contribution in [3.05, 3.63) is 36.5 Å². The lowest BCUT2D eigenvalue weighted by molar-refractivity contribution is -0.122. The van der Waals surface area contributed by atoms with E-state index in [0.717, 1.165) is 38.5 Å². The number of unbranched alkanes of at least 4 members (excludes halogenated alkanes) is 26. The number of hydrogen-bond donors (Lipinski definition) is 3. The van der Waals surface area contributed by atoms with E-state index >= 15 is 0 Å². The normalized spacial score (nSPS) is 13.6. The summed E-state index contributed by atoms with van der Waals surface area (Å²) in [5.41, 5.74) is 0. The van der Waals surface area contributed by atoms with E-state index in [2.05, 4.69) is 43.5 Å². The van der Waals surface area contributed by atoms with E-state index in [0.29, 0.717) is 6.42 Å². The molecule has 0 saturated heterocycles. The van der Waals surface area contributed by atoms with Crippen LogP contribution in [0, 0.1) is 0 Å². The summed E-state index contributed by atoms with van der Waals surface area (Å²) in [6.45, 7) is 4.53. The first-order valence-corrected chi connectivity index (χ1v) is 22.8. The molecule has 0 rings (SSSR count). The van der Waals surface area contributed by atoms with Gasteiger partial charge in [0.1, 0.15) is 0 Å². The highest BCUT2D eigenvalue weighted by Gasteiger charge is 2.24. The maximum absolute atomic E-state index is 12.5. The van der Waals surface area contributed by atoms with Gasteiger partial charge in [0.2, 0.25) is 5.91 Å². The van der Waals surface area contributed by atoms with Crippen molar-refractivity contribution < 1.29 is 22.9 Å². The zero-order valence-electron chi connectivity index (χ0n) is 32.8. The van der Waals surface area contributed by atoms with E-state index in [1.54, 1.807) is 6.08 Å². The van der Waals surface area contributed by atoms with Gasteiger partial charge in [-0.3, -0.25) is 9.35 Å². The Hall–Kier alpha value is -1.44. The van der Waals surface area contributed by atoms with Gasteiger partial charge in [-0.25, -0.2) is 0 Å². The third-order valence-corrected chi connectivity index (χ3v) is 10.3. The van der Waals surface area contributed by atoms with Gasteiger partial charge < -0.3 is 10.4 Å². The first-order chi connectivity index (χ1) is 24.3. The van der Waals surface area contributed by atoms with Crippen molar-refractivity contribution >= 4 is 16.0 Å². The van der Waals surface area contributed by atoms with Crippen LogP contribution in [0.2, 0.25) is 0 Å². The summed E-state index contributed by atoms with van der Waals surface area (Å²) in [7, 11) is -4.35. The summed E-state index contributed by atoms with van der Waals surface area (Å²) in [5, 5.41) is 13.2. The highest BCUT2D eigenvalue weighted by atomic mass is 32.2. The molecule has 0 heterocycles. The molecule has 2 unspecified atom stereocenters. The Morgan fingerprint density at radius 1 is 0.520 bits per heavy atom. The molecule has 0 radical (unpaired) electrons. The molecule has 0 saturated carbocycles. The van der Waals surface area contributed by atoms with E-state index < -0.39 is 28.0 Å². The second kappa shape index (κ2) is 37.3. The van der Waals surface area contributed by atoms with Crippen molar-refractivity contribution in [3.8, 4) is 0 Å². The van der Waals surface area contributed by atoms with Crippen molar-refractivity contribution in [2.75, 3.05) is 5.75 Å². The van der Waals surface area contributed by atoms with Gasteiger partial charge >= 0.3 is 0 Å². The molecule has 2 atom stereocenters. The Kier molecular flexibility index (Phi) is 36.2. The highest BCUT2D eigenvalue weighted by molar-refractivity contribution is 7.85. The Labute approximate surface area is 310 Å². The molecule has 50 heavy (non-hydrogen) atoms. The van der Waals surface area contributed by atoms with Gasteiger partial charge in [-0.15, -0.1) is 0 Å². The number of amides is 1. The van der Waals surface area contributed by atoms with Gasteiger partial charge in [-0.2, -0.15) is 8.42 Å². The van der Waals surface area contributed by atoms with E-state index in [1.807, 2.05) is 0 Å². The summed E-state index contributed by atoms with van der Waals surface area (Å²) in [6.07, 6.45) is 48.5. The number of rotatable bonds is 38. The van der Waals surface area contributed by atoms with Crippen molar-refractivity contribution in [1.29, 1.82) is 0 Å². The van der Waals surface area contributed by atoms with Crippen molar-refractivity contribution in [3.63, 3.8) is 0 Å². The largest absolute Gasteiger partial charge is 0.387 e. The van der Waals surface area contributed by atoms with Crippen molar-refractivity contribution in [2.45, 2.75) is 225 Å². The molecular weight excluding hydrogens is 643 g/mol. The maximum Gasteiger partial charge on any atom is 0.267 e. The number of carbonyl (C=O) groups is 1. The average Bonchev–Trinajstić information content (AvgIpc) is 3.08. The molecule has 0 aromatic carbocycles. The van der Waals surface area contributed by atoms with E-state index in [1.165, 1.54) is 154 Å².